The average molecular weight is 441 g/mol. The lowest BCUT2D eigenvalue weighted by molar-refractivity contribution is -0.118. The Balaban J connectivity index is 1.50. The number of rotatable bonds is 7. The molecule has 33 heavy (non-hydrogen) atoms. The molecule has 166 valence electrons. The van der Waals surface area contributed by atoms with E-state index in [2.05, 4.69) is 25.9 Å². The molecule has 0 bridgehead atoms. The quantitative estimate of drug-likeness (QED) is 0.445. The number of carbonyl (C=O) groups is 1. The molecule has 0 aliphatic heterocycles. The highest BCUT2D eigenvalue weighted by molar-refractivity contribution is 6.02. The maximum atomic E-state index is 13.2. The molecule has 0 unspecified atom stereocenters. The van der Waals surface area contributed by atoms with E-state index in [1.807, 2.05) is 66.7 Å². The Kier molecular flexibility index (Phi) is 5.26. The number of benzene rings is 3. The topological polar surface area (TPSA) is 102 Å². The molecule has 1 heterocycles. The summed E-state index contributed by atoms with van der Waals surface area (Å²) >= 11 is 0. The number of amides is 1. The molecule has 1 fully saturated rings. The van der Waals surface area contributed by atoms with Crippen molar-refractivity contribution in [3.8, 4) is 34.0 Å². The first kappa shape index (κ1) is 20.7. The van der Waals surface area contributed by atoms with E-state index in [9.17, 15) is 4.79 Å². The van der Waals surface area contributed by atoms with Crippen LogP contribution in [0.4, 0.5) is 5.69 Å². The average Bonchev–Trinajstić information content (AvgIpc) is 3.50. The smallest absolute Gasteiger partial charge is 0.235 e. The van der Waals surface area contributed by atoms with E-state index in [1.165, 1.54) is 0 Å². The second-order valence-electron chi connectivity index (χ2n) is 7.98. The molecule has 4 aromatic rings. The Bertz CT molecular complexity index is 1280. The van der Waals surface area contributed by atoms with Gasteiger partial charge >= 0.3 is 0 Å². The van der Waals surface area contributed by atoms with Crippen LogP contribution in [0.5, 0.6) is 11.5 Å². The van der Waals surface area contributed by atoms with Gasteiger partial charge in [0.05, 0.1) is 19.6 Å². The number of methoxy groups -OCH3 is 2. The normalized spacial score (nSPS) is 13.9. The molecule has 1 aliphatic rings. The summed E-state index contributed by atoms with van der Waals surface area (Å²) in [5, 5.41) is 17.5. The molecule has 1 aliphatic carbocycles. The number of aromatic amines is 1. The highest BCUT2D eigenvalue weighted by Crippen LogP contribution is 2.49. The van der Waals surface area contributed by atoms with E-state index in [4.69, 9.17) is 9.47 Å². The van der Waals surface area contributed by atoms with Crippen molar-refractivity contribution < 1.29 is 14.3 Å². The number of anilines is 1. The first-order valence-corrected chi connectivity index (χ1v) is 10.6. The molecule has 1 saturated carbocycles. The standard InChI is InChI=1S/C25H23N5O3/c1-32-21-11-8-16(14-22(21)33-2)19-10-9-18(15-20(19)23-27-29-30-28-23)26-24(31)25(12-13-25)17-6-4-3-5-7-17/h3-11,14-15H,12-13H2,1-2H3,(H,26,31)(H,27,28,29,30). The van der Waals surface area contributed by atoms with Crippen LogP contribution < -0.4 is 14.8 Å². The van der Waals surface area contributed by atoms with Crippen molar-refractivity contribution in [3.05, 3.63) is 72.3 Å². The van der Waals surface area contributed by atoms with Gasteiger partial charge in [0.1, 0.15) is 0 Å². The van der Waals surface area contributed by atoms with Gasteiger partial charge in [-0.25, -0.2) is 5.10 Å². The number of H-pyrrole nitrogens is 1. The number of hydrogen-bond acceptors (Lipinski definition) is 6. The summed E-state index contributed by atoms with van der Waals surface area (Å²) in [5.74, 6) is 1.76. The number of carbonyl (C=O) groups excluding carboxylic acids is 1. The Hall–Kier alpha value is -4.20. The van der Waals surface area contributed by atoms with Gasteiger partial charge in [-0.3, -0.25) is 4.79 Å². The molecular weight excluding hydrogens is 418 g/mol. The second-order valence-corrected chi connectivity index (χ2v) is 7.98. The molecule has 0 atom stereocenters. The van der Waals surface area contributed by atoms with Gasteiger partial charge in [-0.15, -0.1) is 5.10 Å². The van der Waals surface area contributed by atoms with Gasteiger partial charge in [0.2, 0.25) is 5.91 Å². The highest BCUT2D eigenvalue weighted by atomic mass is 16.5. The van der Waals surface area contributed by atoms with Crippen LogP contribution in [0.15, 0.2) is 66.7 Å². The van der Waals surface area contributed by atoms with Gasteiger partial charge in [-0.1, -0.05) is 42.5 Å². The Morgan fingerprint density at radius 3 is 2.39 bits per heavy atom. The minimum Gasteiger partial charge on any atom is -0.493 e. The van der Waals surface area contributed by atoms with Crippen LogP contribution in [-0.2, 0) is 10.2 Å². The fraction of sp³-hybridized carbons (Fsp3) is 0.200. The van der Waals surface area contributed by atoms with Crippen LogP contribution >= 0.6 is 0 Å². The summed E-state index contributed by atoms with van der Waals surface area (Å²) in [4.78, 5) is 13.2. The Morgan fingerprint density at radius 1 is 0.939 bits per heavy atom. The zero-order valence-corrected chi connectivity index (χ0v) is 18.3. The summed E-state index contributed by atoms with van der Waals surface area (Å²) < 4.78 is 10.8. The fourth-order valence-corrected chi connectivity index (χ4v) is 4.13. The molecule has 1 amide bonds. The maximum Gasteiger partial charge on any atom is 0.235 e. The zero-order valence-electron chi connectivity index (χ0n) is 18.3. The lowest BCUT2D eigenvalue weighted by Crippen LogP contribution is -2.27. The van der Waals surface area contributed by atoms with E-state index in [0.29, 0.717) is 23.0 Å². The summed E-state index contributed by atoms with van der Waals surface area (Å²) in [7, 11) is 3.20. The third-order valence-electron chi connectivity index (χ3n) is 6.08. The molecule has 2 N–H and O–H groups in total. The monoisotopic (exact) mass is 441 g/mol. The SMILES string of the molecule is COc1ccc(-c2ccc(NC(=O)C3(c4ccccc4)CC3)cc2-c2nnn[nH]2)cc1OC. The van der Waals surface area contributed by atoms with E-state index >= 15 is 0 Å². The van der Waals surface area contributed by atoms with Crippen molar-refractivity contribution >= 4 is 11.6 Å². The van der Waals surface area contributed by atoms with Gasteiger partial charge < -0.3 is 14.8 Å². The Labute approximate surface area is 190 Å². The van der Waals surface area contributed by atoms with E-state index in [-0.39, 0.29) is 5.91 Å². The molecule has 5 rings (SSSR count). The zero-order chi connectivity index (χ0) is 22.8. The predicted molar refractivity (Wildman–Crippen MR) is 124 cm³/mol. The van der Waals surface area contributed by atoms with Crippen LogP contribution in [-0.4, -0.2) is 40.8 Å². The van der Waals surface area contributed by atoms with Crippen LogP contribution in [0, 0.1) is 0 Å². The van der Waals surface area contributed by atoms with Crippen LogP contribution in [0.3, 0.4) is 0 Å². The third kappa shape index (κ3) is 3.80. The van der Waals surface area contributed by atoms with Crippen molar-refractivity contribution in [3.63, 3.8) is 0 Å². The molecular formula is C25H23N5O3. The van der Waals surface area contributed by atoms with E-state index < -0.39 is 5.41 Å². The van der Waals surface area contributed by atoms with Gasteiger partial charge in [-0.05, 0) is 64.2 Å². The van der Waals surface area contributed by atoms with Crippen molar-refractivity contribution in [2.45, 2.75) is 18.3 Å². The maximum absolute atomic E-state index is 13.2. The van der Waals surface area contributed by atoms with E-state index in [0.717, 1.165) is 35.1 Å². The minimum atomic E-state index is -0.461. The molecule has 3 aromatic carbocycles. The highest BCUT2D eigenvalue weighted by Gasteiger charge is 2.51. The molecule has 1 aromatic heterocycles. The molecule has 8 nitrogen and oxygen atoms in total. The minimum absolute atomic E-state index is 0.00536. The van der Waals surface area contributed by atoms with Crippen molar-refractivity contribution in [2.24, 2.45) is 0 Å². The number of aromatic nitrogens is 4. The number of hydrogen-bond donors (Lipinski definition) is 2. The summed E-state index contributed by atoms with van der Waals surface area (Å²) in [6.45, 7) is 0. The Morgan fingerprint density at radius 2 is 1.73 bits per heavy atom. The summed E-state index contributed by atoms with van der Waals surface area (Å²) in [6, 6.07) is 21.3. The summed E-state index contributed by atoms with van der Waals surface area (Å²) in [5.41, 5.74) is 3.81. The number of tetrazole rings is 1. The molecule has 0 saturated heterocycles. The van der Waals surface area contributed by atoms with Gasteiger partial charge in [-0.2, -0.15) is 0 Å². The van der Waals surface area contributed by atoms with Gasteiger partial charge in [0.15, 0.2) is 17.3 Å². The first-order valence-electron chi connectivity index (χ1n) is 10.6. The van der Waals surface area contributed by atoms with E-state index in [1.54, 1.807) is 14.2 Å². The lowest BCUT2D eigenvalue weighted by atomic mass is 9.94. The second kappa shape index (κ2) is 8.38. The number of nitrogens with one attached hydrogen (secondary N) is 2. The van der Waals surface area contributed by atoms with Crippen molar-refractivity contribution in [1.82, 2.24) is 20.6 Å². The fourth-order valence-electron chi connectivity index (χ4n) is 4.13. The summed E-state index contributed by atoms with van der Waals surface area (Å²) in [6.07, 6.45) is 1.68. The third-order valence-corrected chi connectivity index (χ3v) is 6.08. The van der Waals surface area contributed by atoms with Crippen LogP contribution in [0.25, 0.3) is 22.5 Å². The van der Waals surface area contributed by atoms with Gasteiger partial charge in [0.25, 0.3) is 0 Å². The van der Waals surface area contributed by atoms with Crippen LogP contribution in [0.1, 0.15) is 18.4 Å². The van der Waals surface area contributed by atoms with Gasteiger partial charge in [0, 0.05) is 11.3 Å². The van der Waals surface area contributed by atoms with Crippen molar-refractivity contribution in [2.75, 3.05) is 19.5 Å². The number of nitrogens with zero attached hydrogens (tertiary/aromatic N) is 3. The predicted octanol–water partition coefficient (Wildman–Crippen LogP) is 4.22. The lowest BCUT2D eigenvalue weighted by Gasteiger charge is -2.17. The largest absolute Gasteiger partial charge is 0.493 e. The van der Waals surface area contributed by atoms with Crippen molar-refractivity contribution in [1.29, 1.82) is 0 Å². The molecule has 0 spiro atoms. The molecule has 8 heteroatoms. The number of ether oxygens (including phenoxy) is 2. The van der Waals surface area contributed by atoms with Crippen LogP contribution in [0.2, 0.25) is 0 Å². The first-order chi connectivity index (χ1) is 16.1. The molecule has 0 radical (unpaired) electrons.